The third kappa shape index (κ3) is 2.87. The number of fused-ring (bicyclic) bond motifs is 1. The number of nitrogens with one attached hydrogen (secondary N) is 1. The first-order valence-corrected chi connectivity index (χ1v) is 7.16. The Morgan fingerprint density at radius 2 is 2.14 bits per heavy atom. The number of rotatable bonds is 5. The molecule has 0 saturated heterocycles. The van der Waals surface area contributed by atoms with Crippen molar-refractivity contribution in [3.05, 3.63) is 24.4 Å². The average molecular weight is 303 g/mol. The van der Waals surface area contributed by atoms with E-state index in [1.807, 2.05) is 35.7 Å². The van der Waals surface area contributed by atoms with Crippen molar-refractivity contribution in [2.24, 2.45) is 0 Å². The molecule has 108 valence electrons. The summed E-state index contributed by atoms with van der Waals surface area (Å²) in [5, 5.41) is 12.3. The van der Waals surface area contributed by atoms with E-state index in [1.54, 1.807) is 7.05 Å². The van der Waals surface area contributed by atoms with Crippen molar-refractivity contribution in [2.45, 2.75) is 17.2 Å². The number of hydrogen-bond acceptors (Lipinski definition) is 8. The predicted octanol–water partition coefficient (Wildman–Crippen LogP) is 1.51. The SMILES string of the molecule is CCOc1nc(NC)nc(Sc2nnc3ccccn23)n1. The second-order valence-corrected chi connectivity index (χ2v) is 4.86. The van der Waals surface area contributed by atoms with Crippen molar-refractivity contribution in [1.29, 1.82) is 0 Å². The van der Waals surface area contributed by atoms with Gasteiger partial charge in [0.15, 0.2) is 5.65 Å². The highest BCUT2D eigenvalue weighted by Gasteiger charge is 2.12. The summed E-state index contributed by atoms with van der Waals surface area (Å²) in [6.07, 6.45) is 1.89. The summed E-state index contributed by atoms with van der Waals surface area (Å²) in [6, 6.07) is 5.99. The van der Waals surface area contributed by atoms with E-state index < -0.39 is 0 Å². The van der Waals surface area contributed by atoms with Gasteiger partial charge in [-0.05, 0) is 30.8 Å². The first kappa shape index (κ1) is 13.6. The summed E-state index contributed by atoms with van der Waals surface area (Å²) in [7, 11) is 1.74. The van der Waals surface area contributed by atoms with Crippen LogP contribution in [-0.4, -0.2) is 43.2 Å². The highest BCUT2D eigenvalue weighted by molar-refractivity contribution is 7.99. The molecule has 0 aliphatic rings. The van der Waals surface area contributed by atoms with E-state index in [1.165, 1.54) is 11.8 Å². The van der Waals surface area contributed by atoms with Crippen LogP contribution in [0.1, 0.15) is 6.92 Å². The van der Waals surface area contributed by atoms with Gasteiger partial charge in [0, 0.05) is 13.2 Å². The molecule has 0 fully saturated rings. The summed E-state index contributed by atoms with van der Waals surface area (Å²) in [5.41, 5.74) is 0.771. The molecule has 0 atom stereocenters. The Balaban J connectivity index is 1.95. The molecule has 3 aromatic heterocycles. The Bertz CT molecular complexity index is 760. The summed E-state index contributed by atoms with van der Waals surface area (Å²) < 4.78 is 7.21. The average Bonchev–Trinajstić information content (AvgIpc) is 2.91. The molecule has 0 aliphatic carbocycles. The summed E-state index contributed by atoms with van der Waals surface area (Å²) in [6.45, 7) is 2.37. The van der Waals surface area contributed by atoms with Crippen molar-refractivity contribution < 1.29 is 4.74 Å². The van der Waals surface area contributed by atoms with Crippen LogP contribution in [0.15, 0.2) is 34.7 Å². The lowest BCUT2D eigenvalue weighted by atomic mass is 10.5. The minimum Gasteiger partial charge on any atom is -0.464 e. The smallest absolute Gasteiger partial charge is 0.322 e. The number of ether oxygens (including phenoxy) is 1. The molecule has 0 radical (unpaired) electrons. The van der Waals surface area contributed by atoms with Crippen LogP contribution in [0.5, 0.6) is 6.01 Å². The van der Waals surface area contributed by atoms with Gasteiger partial charge < -0.3 is 10.1 Å². The van der Waals surface area contributed by atoms with E-state index in [-0.39, 0.29) is 6.01 Å². The number of pyridine rings is 1. The van der Waals surface area contributed by atoms with Gasteiger partial charge in [-0.3, -0.25) is 4.40 Å². The number of anilines is 1. The molecule has 1 N–H and O–H groups in total. The van der Waals surface area contributed by atoms with Crippen molar-refractivity contribution in [3.8, 4) is 6.01 Å². The lowest BCUT2D eigenvalue weighted by Gasteiger charge is -2.05. The van der Waals surface area contributed by atoms with Crippen LogP contribution in [0.3, 0.4) is 0 Å². The van der Waals surface area contributed by atoms with Gasteiger partial charge in [0.1, 0.15) is 0 Å². The molecule has 21 heavy (non-hydrogen) atoms. The summed E-state index contributed by atoms with van der Waals surface area (Å²) in [5.74, 6) is 0.449. The Hall–Kier alpha value is -2.42. The first-order valence-electron chi connectivity index (χ1n) is 6.34. The van der Waals surface area contributed by atoms with Gasteiger partial charge in [0.05, 0.1) is 6.61 Å². The Morgan fingerprint density at radius 1 is 1.24 bits per heavy atom. The second kappa shape index (κ2) is 5.92. The molecule has 0 amide bonds. The third-order valence-corrected chi connectivity index (χ3v) is 3.38. The van der Waals surface area contributed by atoms with Crippen LogP contribution in [-0.2, 0) is 0 Å². The minimum atomic E-state index is 0.285. The van der Waals surface area contributed by atoms with Crippen LogP contribution in [0, 0.1) is 0 Å². The quantitative estimate of drug-likeness (QED) is 0.758. The molecular weight excluding hydrogens is 290 g/mol. The lowest BCUT2D eigenvalue weighted by Crippen LogP contribution is -2.04. The van der Waals surface area contributed by atoms with E-state index in [2.05, 4.69) is 30.5 Å². The summed E-state index contributed by atoms with van der Waals surface area (Å²) >= 11 is 1.30. The van der Waals surface area contributed by atoms with E-state index in [0.717, 1.165) is 5.65 Å². The van der Waals surface area contributed by atoms with Crippen LogP contribution in [0.25, 0.3) is 5.65 Å². The predicted molar refractivity (Wildman–Crippen MR) is 77.7 cm³/mol. The van der Waals surface area contributed by atoms with E-state index in [9.17, 15) is 0 Å². The standard InChI is InChI=1S/C12H13N7OS/c1-3-20-10-14-9(13-2)15-11(16-10)21-12-18-17-8-6-4-5-7-19(8)12/h4-7H,3H2,1-2H3,(H,13,14,15,16). The molecule has 0 aliphatic heterocycles. The first-order chi connectivity index (χ1) is 10.3. The molecule has 3 aromatic rings. The van der Waals surface area contributed by atoms with Gasteiger partial charge in [0.25, 0.3) is 0 Å². The van der Waals surface area contributed by atoms with Crippen molar-refractivity contribution in [2.75, 3.05) is 19.0 Å². The van der Waals surface area contributed by atoms with E-state index in [0.29, 0.717) is 22.9 Å². The fraction of sp³-hybridized carbons (Fsp3) is 0.250. The summed E-state index contributed by atoms with van der Waals surface area (Å²) in [4.78, 5) is 12.7. The normalized spacial score (nSPS) is 10.8. The van der Waals surface area contributed by atoms with Gasteiger partial charge in [-0.15, -0.1) is 10.2 Å². The fourth-order valence-electron chi connectivity index (χ4n) is 1.66. The maximum absolute atomic E-state index is 5.34. The minimum absolute atomic E-state index is 0.285. The number of aromatic nitrogens is 6. The van der Waals surface area contributed by atoms with E-state index in [4.69, 9.17) is 4.74 Å². The lowest BCUT2D eigenvalue weighted by molar-refractivity contribution is 0.308. The molecule has 0 bridgehead atoms. The van der Waals surface area contributed by atoms with E-state index >= 15 is 0 Å². The highest BCUT2D eigenvalue weighted by atomic mass is 32.2. The second-order valence-electron chi connectivity index (χ2n) is 3.92. The van der Waals surface area contributed by atoms with Crippen LogP contribution >= 0.6 is 11.8 Å². The van der Waals surface area contributed by atoms with Crippen LogP contribution < -0.4 is 10.1 Å². The molecule has 0 spiro atoms. The van der Waals surface area contributed by atoms with Gasteiger partial charge in [-0.2, -0.15) is 15.0 Å². The van der Waals surface area contributed by atoms with Crippen molar-refractivity contribution in [3.63, 3.8) is 0 Å². The van der Waals surface area contributed by atoms with Gasteiger partial charge >= 0.3 is 6.01 Å². The fourth-order valence-corrected chi connectivity index (χ4v) is 2.41. The topological polar surface area (TPSA) is 90.1 Å². The zero-order valence-corrected chi connectivity index (χ0v) is 12.3. The largest absolute Gasteiger partial charge is 0.464 e. The Kier molecular flexibility index (Phi) is 3.82. The molecule has 0 unspecified atom stereocenters. The zero-order valence-electron chi connectivity index (χ0n) is 11.5. The molecule has 0 aromatic carbocycles. The highest BCUT2D eigenvalue weighted by Crippen LogP contribution is 2.25. The monoisotopic (exact) mass is 303 g/mol. The molecule has 3 heterocycles. The van der Waals surface area contributed by atoms with Crippen molar-refractivity contribution >= 4 is 23.4 Å². The number of nitrogens with zero attached hydrogens (tertiary/aromatic N) is 6. The van der Waals surface area contributed by atoms with Gasteiger partial charge in [-0.25, -0.2) is 0 Å². The Labute approximate surface area is 125 Å². The van der Waals surface area contributed by atoms with Crippen molar-refractivity contribution in [1.82, 2.24) is 29.5 Å². The Morgan fingerprint density at radius 3 is 2.95 bits per heavy atom. The van der Waals surface area contributed by atoms with Gasteiger partial charge in [0.2, 0.25) is 16.3 Å². The zero-order chi connectivity index (χ0) is 14.7. The molecule has 0 saturated carbocycles. The number of hydrogen-bond donors (Lipinski definition) is 1. The maximum Gasteiger partial charge on any atom is 0.322 e. The van der Waals surface area contributed by atoms with Gasteiger partial charge in [-0.1, -0.05) is 6.07 Å². The molecular formula is C12H13N7OS. The van der Waals surface area contributed by atoms with Crippen LogP contribution in [0.2, 0.25) is 0 Å². The molecule has 8 nitrogen and oxygen atoms in total. The maximum atomic E-state index is 5.34. The molecule has 3 rings (SSSR count). The molecule has 9 heteroatoms. The van der Waals surface area contributed by atoms with Crippen LogP contribution in [0.4, 0.5) is 5.95 Å². The third-order valence-electron chi connectivity index (χ3n) is 2.56.